The number of ether oxygens (including phenoxy) is 1. The fourth-order valence-electron chi connectivity index (χ4n) is 0.882. The van der Waals surface area contributed by atoms with Crippen LogP contribution in [0, 0.1) is 11.5 Å². The van der Waals surface area contributed by atoms with E-state index in [9.17, 15) is 0 Å². The van der Waals surface area contributed by atoms with E-state index in [1.54, 1.807) is 0 Å². The van der Waals surface area contributed by atoms with E-state index in [1.165, 1.54) is 0 Å². The first-order valence-electron chi connectivity index (χ1n) is 4.45. The van der Waals surface area contributed by atoms with E-state index in [-0.39, 0.29) is 0 Å². The number of hydrogen-bond acceptors (Lipinski definition) is 1. The fraction of sp³-hybridized carbons (Fsp3) is 0.273. The van der Waals surface area contributed by atoms with Gasteiger partial charge < -0.3 is 4.74 Å². The second kappa shape index (κ2) is 5.44. The third-order valence-corrected chi connectivity index (χ3v) is 2.23. The summed E-state index contributed by atoms with van der Waals surface area (Å²) in [4.78, 5) is 0. The SMILES string of the molecule is C[SiH](C)C#CCOc1ccccc1. The quantitative estimate of drug-likeness (QED) is 0.512. The summed E-state index contributed by atoms with van der Waals surface area (Å²) in [6, 6.07) is 9.77. The van der Waals surface area contributed by atoms with E-state index >= 15 is 0 Å². The summed E-state index contributed by atoms with van der Waals surface area (Å²) >= 11 is 0. The Hall–Kier alpha value is -1.20. The zero-order chi connectivity index (χ0) is 9.52. The lowest BCUT2D eigenvalue weighted by atomic mass is 10.3. The van der Waals surface area contributed by atoms with E-state index in [4.69, 9.17) is 4.74 Å². The topological polar surface area (TPSA) is 9.23 Å². The second-order valence-electron chi connectivity index (χ2n) is 3.08. The molecular weight excluding hydrogens is 176 g/mol. The van der Waals surface area contributed by atoms with Crippen molar-refractivity contribution < 1.29 is 4.74 Å². The zero-order valence-electron chi connectivity index (χ0n) is 8.08. The van der Waals surface area contributed by atoms with Crippen molar-refractivity contribution in [3.05, 3.63) is 30.3 Å². The summed E-state index contributed by atoms with van der Waals surface area (Å²) in [5.74, 6) is 3.91. The Bertz CT molecular complexity index is 295. The summed E-state index contributed by atoms with van der Waals surface area (Å²) in [6.07, 6.45) is 0. The molecule has 0 fully saturated rings. The van der Waals surface area contributed by atoms with Crippen LogP contribution in [0.3, 0.4) is 0 Å². The predicted octanol–water partition coefficient (Wildman–Crippen LogP) is 2.09. The van der Waals surface area contributed by atoms with Gasteiger partial charge in [0, 0.05) is 0 Å². The standard InChI is InChI=1S/C11H14OSi/c1-13(2)10-6-9-12-11-7-4-3-5-8-11/h3-5,7-8,13H,9H2,1-2H3. The Morgan fingerprint density at radius 3 is 2.54 bits per heavy atom. The van der Waals surface area contributed by atoms with Gasteiger partial charge in [0.25, 0.3) is 0 Å². The van der Waals surface area contributed by atoms with E-state index in [2.05, 4.69) is 24.6 Å². The minimum atomic E-state index is -0.737. The third kappa shape index (κ3) is 4.39. The van der Waals surface area contributed by atoms with Gasteiger partial charge in [0.05, 0.1) is 0 Å². The molecule has 13 heavy (non-hydrogen) atoms. The monoisotopic (exact) mass is 190 g/mol. The highest BCUT2D eigenvalue weighted by Crippen LogP contribution is 2.07. The van der Waals surface area contributed by atoms with Crippen LogP contribution < -0.4 is 4.74 Å². The zero-order valence-corrected chi connectivity index (χ0v) is 9.23. The Balaban J connectivity index is 2.33. The maximum absolute atomic E-state index is 5.40. The normalized spacial score (nSPS) is 9.15. The molecule has 0 bridgehead atoms. The first kappa shape index (κ1) is 9.88. The van der Waals surface area contributed by atoms with E-state index in [0.717, 1.165) is 5.75 Å². The third-order valence-electron chi connectivity index (χ3n) is 1.44. The molecule has 1 aromatic carbocycles. The van der Waals surface area contributed by atoms with Gasteiger partial charge in [0.2, 0.25) is 0 Å². The largest absolute Gasteiger partial charge is 0.481 e. The first-order valence-corrected chi connectivity index (χ1v) is 7.34. The molecule has 0 saturated heterocycles. The highest BCUT2D eigenvalue weighted by molar-refractivity contribution is 6.64. The van der Waals surface area contributed by atoms with Crippen molar-refractivity contribution in [3.8, 4) is 17.2 Å². The minimum absolute atomic E-state index is 0.509. The van der Waals surface area contributed by atoms with Crippen LogP contribution in [-0.2, 0) is 0 Å². The van der Waals surface area contributed by atoms with Crippen molar-refractivity contribution in [2.45, 2.75) is 13.1 Å². The van der Waals surface area contributed by atoms with Crippen molar-refractivity contribution in [3.63, 3.8) is 0 Å². The first-order chi connectivity index (χ1) is 6.29. The van der Waals surface area contributed by atoms with Gasteiger partial charge >= 0.3 is 0 Å². The van der Waals surface area contributed by atoms with Gasteiger partial charge in [-0.2, -0.15) is 0 Å². The predicted molar refractivity (Wildman–Crippen MR) is 58.6 cm³/mol. The summed E-state index contributed by atoms with van der Waals surface area (Å²) in [6.45, 7) is 4.92. The van der Waals surface area contributed by atoms with Crippen LogP contribution in [-0.4, -0.2) is 15.4 Å². The molecule has 0 aliphatic rings. The smallest absolute Gasteiger partial charge is 0.148 e. The van der Waals surface area contributed by atoms with Crippen LogP contribution in [0.4, 0.5) is 0 Å². The van der Waals surface area contributed by atoms with Crippen molar-refractivity contribution in [2.75, 3.05) is 6.61 Å². The highest BCUT2D eigenvalue weighted by Gasteiger charge is 1.87. The fourth-order valence-corrected chi connectivity index (χ4v) is 1.37. The maximum Gasteiger partial charge on any atom is 0.148 e. The molecule has 0 N–H and O–H groups in total. The summed E-state index contributed by atoms with van der Waals surface area (Å²) in [5.41, 5.74) is 3.18. The number of benzene rings is 1. The van der Waals surface area contributed by atoms with Crippen LogP contribution in [0.5, 0.6) is 5.75 Å². The van der Waals surface area contributed by atoms with E-state index in [1.807, 2.05) is 30.3 Å². The summed E-state index contributed by atoms with van der Waals surface area (Å²) in [7, 11) is -0.737. The van der Waals surface area contributed by atoms with Crippen LogP contribution in [0.15, 0.2) is 30.3 Å². The average Bonchev–Trinajstić information content (AvgIpc) is 2.14. The molecule has 0 heterocycles. The molecule has 0 spiro atoms. The molecule has 1 nitrogen and oxygen atoms in total. The summed E-state index contributed by atoms with van der Waals surface area (Å²) in [5, 5.41) is 0. The lowest BCUT2D eigenvalue weighted by Gasteiger charge is -1.99. The molecule has 0 saturated carbocycles. The van der Waals surface area contributed by atoms with Crippen molar-refractivity contribution in [1.82, 2.24) is 0 Å². The van der Waals surface area contributed by atoms with Crippen molar-refractivity contribution in [2.24, 2.45) is 0 Å². The molecular formula is C11H14OSi. The van der Waals surface area contributed by atoms with Gasteiger partial charge in [-0.15, -0.1) is 5.54 Å². The Kier molecular flexibility index (Phi) is 4.14. The van der Waals surface area contributed by atoms with Gasteiger partial charge in [-0.05, 0) is 12.1 Å². The van der Waals surface area contributed by atoms with Crippen molar-refractivity contribution >= 4 is 8.80 Å². The Morgan fingerprint density at radius 1 is 1.23 bits per heavy atom. The second-order valence-corrected chi connectivity index (χ2v) is 5.68. The Labute approximate surface area is 81.3 Å². The van der Waals surface area contributed by atoms with Crippen LogP contribution in [0.25, 0.3) is 0 Å². The van der Waals surface area contributed by atoms with E-state index < -0.39 is 8.80 Å². The van der Waals surface area contributed by atoms with Gasteiger partial charge in [0.15, 0.2) is 0 Å². The number of para-hydroxylation sites is 1. The molecule has 0 atom stereocenters. The van der Waals surface area contributed by atoms with Crippen LogP contribution >= 0.6 is 0 Å². The number of rotatable bonds is 2. The molecule has 0 aliphatic heterocycles. The molecule has 0 unspecified atom stereocenters. The van der Waals surface area contributed by atoms with Gasteiger partial charge in [-0.25, -0.2) is 0 Å². The average molecular weight is 190 g/mol. The van der Waals surface area contributed by atoms with E-state index in [0.29, 0.717) is 6.61 Å². The lowest BCUT2D eigenvalue weighted by molar-refractivity contribution is 0.370. The summed E-state index contributed by atoms with van der Waals surface area (Å²) < 4.78 is 5.40. The molecule has 2 heteroatoms. The molecule has 0 radical (unpaired) electrons. The number of hydrogen-bond donors (Lipinski definition) is 0. The van der Waals surface area contributed by atoms with Gasteiger partial charge in [-0.3, -0.25) is 0 Å². The molecule has 68 valence electrons. The maximum atomic E-state index is 5.40. The molecule has 1 rings (SSSR count). The molecule has 0 aromatic heterocycles. The van der Waals surface area contributed by atoms with Gasteiger partial charge in [-0.1, -0.05) is 37.2 Å². The molecule has 0 amide bonds. The van der Waals surface area contributed by atoms with Crippen LogP contribution in [0.2, 0.25) is 13.1 Å². The highest BCUT2D eigenvalue weighted by atomic mass is 28.3. The minimum Gasteiger partial charge on any atom is -0.481 e. The molecule has 1 aromatic rings. The lowest BCUT2D eigenvalue weighted by Crippen LogP contribution is -1.98. The molecule has 0 aliphatic carbocycles. The van der Waals surface area contributed by atoms with Crippen LogP contribution in [0.1, 0.15) is 0 Å². The van der Waals surface area contributed by atoms with Gasteiger partial charge in [0.1, 0.15) is 21.2 Å². The Morgan fingerprint density at radius 2 is 1.92 bits per heavy atom. The van der Waals surface area contributed by atoms with Crippen molar-refractivity contribution in [1.29, 1.82) is 0 Å².